The quantitative estimate of drug-likeness (QED) is 0.0261. The minimum absolute atomic E-state index is 0.0747. The Morgan fingerprint density at radius 2 is 0.514 bits per heavy atom. The number of ether oxygens (including phenoxy) is 3. The Hall–Kier alpha value is -2.63. The molecule has 6 nitrogen and oxygen atoms in total. The van der Waals surface area contributed by atoms with Crippen molar-refractivity contribution in [3.63, 3.8) is 0 Å². The van der Waals surface area contributed by atoms with Gasteiger partial charge in [0.25, 0.3) is 0 Å². The second-order valence-electron chi connectivity index (χ2n) is 22.0. The summed E-state index contributed by atoms with van der Waals surface area (Å²) in [6.45, 7) is 6.61. The van der Waals surface area contributed by atoms with Crippen LogP contribution in [0.1, 0.15) is 348 Å². The van der Waals surface area contributed by atoms with Gasteiger partial charge in [-0.05, 0) is 96.3 Å². The van der Waals surface area contributed by atoms with Crippen molar-refractivity contribution in [3.8, 4) is 0 Å². The largest absolute Gasteiger partial charge is 0.462 e. The van der Waals surface area contributed by atoms with Gasteiger partial charge in [-0.3, -0.25) is 14.4 Å². The number of carbonyl (C=O) groups is 3. The van der Waals surface area contributed by atoms with E-state index in [1.54, 1.807) is 0 Å². The van der Waals surface area contributed by atoms with Crippen LogP contribution in [-0.2, 0) is 28.6 Å². The van der Waals surface area contributed by atoms with Crippen LogP contribution >= 0.6 is 0 Å². The summed E-state index contributed by atoms with van der Waals surface area (Å²) in [6, 6.07) is 0. The van der Waals surface area contributed by atoms with Crippen LogP contribution in [0.5, 0.6) is 0 Å². The SMILES string of the molecule is CCC/C=C\CCCCCCCC(=O)OCC(COC(=O)CCCCCCCCCCCCC/C=C\C/C=C\CCCCCCC)OC(=O)CCCCCCCCCCCCC/C=C\CCCCCCCCCC. The second kappa shape index (κ2) is 62.9. The third-order valence-corrected chi connectivity index (χ3v) is 14.5. The molecular formula is C68H124O6. The molecule has 0 rings (SSSR count). The van der Waals surface area contributed by atoms with Gasteiger partial charge in [-0.1, -0.05) is 281 Å². The van der Waals surface area contributed by atoms with Crippen molar-refractivity contribution in [2.75, 3.05) is 13.2 Å². The topological polar surface area (TPSA) is 78.9 Å². The highest BCUT2D eigenvalue weighted by Crippen LogP contribution is 2.17. The summed E-state index contributed by atoms with van der Waals surface area (Å²) in [5.41, 5.74) is 0. The molecule has 0 saturated carbocycles. The Bertz CT molecular complexity index is 1280. The van der Waals surface area contributed by atoms with Gasteiger partial charge in [0.2, 0.25) is 0 Å². The highest BCUT2D eigenvalue weighted by molar-refractivity contribution is 5.71. The molecule has 0 aliphatic carbocycles. The fraction of sp³-hybridized carbons (Fsp3) is 0.838. The summed E-state index contributed by atoms with van der Waals surface area (Å²) in [5.74, 6) is -0.870. The zero-order chi connectivity index (χ0) is 53.6. The van der Waals surface area contributed by atoms with Crippen LogP contribution < -0.4 is 0 Å². The van der Waals surface area contributed by atoms with E-state index in [2.05, 4.69) is 69.4 Å². The summed E-state index contributed by atoms with van der Waals surface area (Å²) in [7, 11) is 0. The van der Waals surface area contributed by atoms with Crippen LogP contribution in [0.25, 0.3) is 0 Å². The first kappa shape index (κ1) is 71.4. The predicted octanol–water partition coefficient (Wildman–Crippen LogP) is 22.2. The van der Waals surface area contributed by atoms with Crippen molar-refractivity contribution in [3.05, 3.63) is 48.6 Å². The molecular weight excluding hydrogens is 913 g/mol. The van der Waals surface area contributed by atoms with E-state index in [9.17, 15) is 14.4 Å². The normalized spacial score (nSPS) is 12.3. The first-order chi connectivity index (χ1) is 36.5. The maximum atomic E-state index is 12.9. The fourth-order valence-electron chi connectivity index (χ4n) is 9.59. The van der Waals surface area contributed by atoms with E-state index in [0.29, 0.717) is 19.3 Å². The molecule has 1 unspecified atom stereocenters. The van der Waals surface area contributed by atoms with E-state index in [0.717, 1.165) is 77.0 Å². The Labute approximate surface area is 460 Å². The minimum Gasteiger partial charge on any atom is -0.462 e. The number of esters is 3. The lowest BCUT2D eigenvalue weighted by Crippen LogP contribution is -2.30. The zero-order valence-corrected chi connectivity index (χ0v) is 49.6. The highest BCUT2D eigenvalue weighted by Gasteiger charge is 2.19. The Kier molecular flexibility index (Phi) is 60.7. The molecule has 0 radical (unpaired) electrons. The van der Waals surface area contributed by atoms with Gasteiger partial charge in [0.15, 0.2) is 6.10 Å². The maximum absolute atomic E-state index is 12.9. The summed E-state index contributed by atoms with van der Waals surface area (Å²) in [4.78, 5) is 38.2. The van der Waals surface area contributed by atoms with Gasteiger partial charge in [0.1, 0.15) is 13.2 Å². The lowest BCUT2D eigenvalue weighted by atomic mass is 10.0. The molecule has 0 amide bonds. The molecule has 432 valence electrons. The van der Waals surface area contributed by atoms with Gasteiger partial charge in [0, 0.05) is 19.3 Å². The third kappa shape index (κ3) is 60.2. The lowest BCUT2D eigenvalue weighted by molar-refractivity contribution is -0.167. The van der Waals surface area contributed by atoms with E-state index in [-0.39, 0.29) is 31.1 Å². The average molecular weight is 1040 g/mol. The molecule has 0 aliphatic rings. The van der Waals surface area contributed by atoms with E-state index in [1.807, 2.05) is 0 Å². The van der Waals surface area contributed by atoms with Gasteiger partial charge >= 0.3 is 17.9 Å². The molecule has 0 aromatic carbocycles. The Balaban J connectivity index is 4.21. The first-order valence-electron chi connectivity index (χ1n) is 32.6. The van der Waals surface area contributed by atoms with Gasteiger partial charge in [0.05, 0.1) is 0 Å². The number of allylic oxidation sites excluding steroid dienone is 8. The van der Waals surface area contributed by atoms with Crippen molar-refractivity contribution in [2.24, 2.45) is 0 Å². The molecule has 1 atom stereocenters. The molecule has 0 spiro atoms. The van der Waals surface area contributed by atoms with Crippen LogP contribution in [0.4, 0.5) is 0 Å². The van der Waals surface area contributed by atoms with Crippen molar-refractivity contribution < 1.29 is 28.6 Å². The number of unbranched alkanes of at least 4 members (excludes halogenated alkanes) is 41. The average Bonchev–Trinajstić information content (AvgIpc) is 3.40. The van der Waals surface area contributed by atoms with Crippen LogP contribution in [0.2, 0.25) is 0 Å². The number of rotatable bonds is 60. The maximum Gasteiger partial charge on any atom is 0.306 e. The molecule has 6 heteroatoms. The van der Waals surface area contributed by atoms with Gasteiger partial charge in [-0.25, -0.2) is 0 Å². The van der Waals surface area contributed by atoms with Gasteiger partial charge < -0.3 is 14.2 Å². The Morgan fingerprint density at radius 1 is 0.270 bits per heavy atom. The van der Waals surface area contributed by atoms with Crippen molar-refractivity contribution >= 4 is 17.9 Å². The van der Waals surface area contributed by atoms with Gasteiger partial charge in [-0.2, -0.15) is 0 Å². The monoisotopic (exact) mass is 1040 g/mol. The number of hydrogen-bond donors (Lipinski definition) is 0. The number of hydrogen-bond acceptors (Lipinski definition) is 6. The molecule has 0 aliphatic heterocycles. The Morgan fingerprint density at radius 3 is 0.811 bits per heavy atom. The van der Waals surface area contributed by atoms with Crippen molar-refractivity contribution in [1.29, 1.82) is 0 Å². The third-order valence-electron chi connectivity index (χ3n) is 14.5. The molecule has 0 aromatic rings. The fourth-order valence-corrected chi connectivity index (χ4v) is 9.59. The van der Waals surface area contributed by atoms with Crippen molar-refractivity contribution in [2.45, 2.75) is 354 Å². The standard InChI is InChI=1S/C68H124O6/c1-4-7-10-13-16-19-22-24-26-28-30-32-34-36-38-40-42-44-46-49-52-55-58-61-67(70)73-64-65(63-72-66(69)60-57-54-51-48-21-18-15-12-9-6-3)74-68(71)62-59-56-53-50-47-45-43-41-39-37-35-33-31-29-27-25-23-20-17-14-11-8-5-2/h12,15,22,24,28-31,65H,4-11,13-14,16-21,23,25-27,32-64H2,1-3H3/b15-12-,24-22-,30-28-,31-29-. The van der Waals surface area contributed by atoms with Crippen LogP contribution in [-0.4, -0.2) is 37.2 Å². The van der Waals surface area contributed by atoms with E-state index in [4.69, 9.17) is 14.2 Å². The summed E-state index contributed by atoms with van der Waals surface area (Å²) in [6.07, 6.45) is 78.5. The van der Waals surface area contributed by atoms with Crippen LogP contribution in [0, 0.1) is 0 Å². The van der Waals surface area contributed by atoms with Crippen LogP contribution in [0.15, 0.2) is 48.6 Å². The van der Waals surface area contributed by atoms with E-state index < -0.39 is 6.10 Å². The van der Waals surface area contributed by atoms with E-state index in [1.165, 1.54) is 231 Å². The molecule has 0 heterocycles. The van der Waals surface area contributed by atoms with Crippen molar-refractivity contribution in [1.82, 2.24) is 0 Å². The summed E-state index contributed by atoms with van der Waals surface area (Å²) < 4.78 is 16.9. The van der Waals surface area contributed by atoms with E-state index >= 15 is 0 Å². The molecule has 0 fully saturated rings. The molecule has 0 aromatic heterocycles. The molecule has 0 N–H and O–H groups in total. The minimum atomic E-state index is -0.777. The predicted molar refractivity (Wildman–Crippen MR) is 321 cm³/mol. The summed E-state index contributed by atoms with van der Waals surface area (Å²) >= 11 is 0. The highest BCUT2D eigenvalue weighted by atomic mass is 16.6. The van der Waals surface area contributed by atoms with Crippen LogP contribution in [0.3, 0.4) is 0 Å². The zero-order valence-electron chi connectivity index (χ0n) is 49.6. The summed E-state index contributed by atoms with van der Waals surface area (Å²) in [5, 5.41) is 0. The molecule has 0 bridgehead atoms. The molecule has 74 heavy (non-hydrogen) atoms. The first-order valence-corrected chi connectivity index (χ1v) is 32.6. The second-order valence-corrected chi connectivity index (χ2v) is 22.0. The molecule has 0 saturated heterocycles. The lowest BCUT2D eigenvalue weighted by Gasteiger charge is -2.18. The van der Waals surface area contributed by atoms with Gasteiger partial charge in [-0.15, -0.1) is 0 Å². The number of carbonyl (C=O) groups excluding carboxylic acids is 3. The smallest absolute Gasteiger partial charge is 0.306 e.